The van der Waals surface area contributed by atoms with Gasteiger partial charge in [0.15, 0.2) is 4.80 Å². The molecule has 0 radical (unpaired) electrons. The van der Waals surface area contributed by atoms with Gasteiger partial charge in [-0.25, -0.2) is 9.79 Å². The van der Waals surface area contributed by atoms with Gasteiger partial charge in [0.25, 0.3) is 11.5 Å². The zero-order valence-corrected chi connectivity index (χ0v) is 28.9. The minimum Gasteiger partial charge on any atom is -0.497 e. The summed E-state index contributed by atoms with van der Waals surface area (Å²) in [5, 5.41) is 0. The van der Waals surface area contributed by atoms with Gasteiger partial charge in [-0.05, 0) is 102 Å². The maximum absolute atomic E-state index is 14.4. The van der Waals surface area contributed by atoms with Crippen LogP contribution in [0.3, 0.4) is 0 Å². The Morgan fingerprint density at radius 2 is 1.68 bits per heavy atom. The second-order valence-corrected chi connectivity index (χ2v) is 12.1. The summed E-state index contributed by atoms with van der Waals surface area (Å²) in [7, 11) is 3.14. The van der Waals surface area contributed by atoms with Crippen LogP contribution < -0.4 is 24.4 Å². The summed E-state index contributed by atoms with van der Waals surface area (Å²) in [5.41, 5.74) is 5.47. The molecule has 11 heteroatoms. The predicted molar refractivity (Wildman–Crippen MR) is 182 cm³/mol. The van der Waals surface area contributed by atoms with Gasteiger partial charge in [-0.3, -0.25) is 14.2 Å². The molecular weight excluding hydrogens is 616 g/mol. The third-order valence-corrected chi connectivity index (χ3v) is 9.41. The second-order valence-electron chi connectivity index (χ2n) is 11.1. The Morgan fingerprint density at radius 3 is 2.30 bits per heavy atom. The Hall–Kier alpha value is -4.90. The van der Waals surface area contributed by atoms with Gasteiger partial charge in [-0.2, -0.15) is 0 Å². The van der Waals surface area contributed by atoms with E-state index in [1.807, 2.05) is 65.0 Å². The molecule has 0 spiro atoms. The first-order valence-corrected chi connectivity index (χ1v) is 16.4. The molecule has 10 nitrogen and oxygen atoms in total. The number of nitrogens with zero attached hydrogens (tertiary/aromatic N) is 4. The molecule has 47 heavy (non-hydrogen) atoms. The van der Waals surface area contributed by atoms with Gasteiger partial charge < -0.3 is 23.7 Å². The van der Waals surface area contributed by atoms with E-state index in [1.165, 1.54) is 11.3 Å². The SMILES string of the molecule is CCOC(=O)c1ccc(-n2c(C)cc(/C=c3/sc4n(c3=O)[C@H](c3cc(OC)ccc3OC)C(C(=O)N(CC)CC)=C(C)N=4)c2C)cc1. The first-order valence-electron chi connectivity index (χ1n) is 15.6. The number of hydrogen-bond acceptors (Lipinski definition) is 8. The third-order valence-electron chi connectivity index (χ3n) is 8.43. The lowest BCUT2D eigenvalue weighted by Gasteiger charge is -2.30. The number of thiazole rings is 1. The van der Waals surface area contributed by atoms with E-state index in [9.17, 15) is 14.4 Å². The summed E-state index contributed by atoms with van der Waals surface area (Å²) in [6.07, 6.45) is 1.88. The largest absolute Gasteiger partial charge is 0.497 e. The van der Waals surface area contributed by atoms with Crippen LogP contribution in [0.5, 0.6) is 11.5 Å². The van der Waals surface area contributed by atoms with Crippen molar-refractivity contribution >= 4 is 29.3 Å². The lowest BCUT2D eigenvalue weighted by molar-refractivity contribution is -0.127. The van der Waals surface area contributed by atoms with Crippen LogP contribution in [0.15, 0.2) is 69.6 Å². The number of fused-ring (bicyclic) bond motifs is 1. The lowest BCUT2D eigenvalue weighted by atomic mass is 9.93. The van der Waals surface area contributed by atoms with E-state index in [2.05, 4.69) is 4.57 Å². The molecule has 0 saturated heterocycles. The van der Waals surface area contributed by atoms with E-state index in [1.54, 1.807) is 54.9 Å². The van der Waals surface area contributed by atoms with Gasteiger partial charge in [0.2, 0.25) is 0 Å². The number of hydrogen-bond donors (Lipinski definition) is 0. The minimum atomic E-state index is -0.781. The van der Waals surface area contributed by atoms with Gasteiger partial charge in [0.1, 0.15) is 17.5 Å². The molecule has 0 fully saturated rings. The molecule has 2 aromatic carbocycles. The van der Waals surface area contributed by atoms with Crippen molar-refractivity contribution in [1.82, 2.24) is 14.0 Å². The number of likely N-dealkylation sites (N-methyl/N-ethyl adjacent to an activating group) is 1. The van der Waals surface area contributed by atoms with Crippen molar-refractivity contribution in [2.45, 2.75) is 47.6 Å². The van der Waals surface area contributed by atoms with Crippen molar-refractivity contribution in [2.24, 2.45) is 4.99 Å². The zero-order chi connectivity index (χ0) is 34.0. The van der Waals surface area contributed by atoms with Crippen LogP contribution in [-0.4, -0.2) is 59.8 Å². The van der Waals surface area contributed by atoms with Crippen LogP contribution in [0.4, 0.5) is 0 Å². The number of aromatic nitrogens is 2. The summed E-state index contributed by atoms with van der Waals surface area (Å²) >= 11 is 1.28. The third kappa shape index (κ3) is 6.15. The molecular formula is C36H40N4O6S. The first kappa shape index (κ1) is 33.5. The Bertz CT molecular complexity index is 2050. The number of carbonyl (C=O) groups is 2. The maximum Gasteiger partial charge on any atom is 0.338 e. The van der Waals surface area contributed by atoms with Crippen LogP contribution >= 0.6 is 11.3 Å². The number of allylic oxidation sites excluding steroid dienone is 1. The Morgan fingerprint density at radius 1 is 0.979 bits per heavy atom. The molecule has 5 rings (SSSR count). The van der Waals surface area contributed by atoms with Crippen LogP contribution in [-0.2, 0) is 9.53 Å². The normalized spacial score (nSPS) is 14.5. The molecule has 246 valence electrons. The van der Waals surface area contributed by atoms with E-state index >= 15 is 0 Å². The van der Waals surface area contributed by atoms with Gasteiger partial charge in [-0.15, -0.1) is 0 Å². The first-order chi connectivity index (χ1) is 22.6. The number of methoxy groups -OCH3 is 2. The number of aryl methyl sites for hydroxylation is 1. The smallest absolute Gasteiger partial charge is 0.338 e. The van der Waals surface area contributed by atoms with E-state index in [0.717, 1.165) is 22.6 Å². The second kappa shape index (κ2) is 13.8. The molecule has 0 aliphatic carbocycles. The number of carbonyl (C=O) groups excluding carboxylic acids is 2. The van der Waals surface area contributed by atoms with E-state index in [-0.39, 0.29) is 17.4 Å². The summed E-state index contributed by atoms with van der Waals surface area (Å²) in [6, 6.07) is 13.9. The zero-order valence-electron chi connectivity index (χ0n) is 28.0. The molecule has 4 aromatic rings. The fourth-order valence-electron chi connectivity index (χ4n) is 6.06. The highest BCUT2D eigenvalue weighted by Gasteiger charge is 2.36. The number of esters is 1. The van der Waals surface area contributed by atoms with Crippen molar-refractivity contribution in [1.29, 1.82) is 0 Å². The van der Waals surface area contributed by atoms with Crippen molar-refractivity contribution < 1.29 is 23.8 Å². The van der Waals surface area contributed by atoms with E-state index < -0.39 is 6.04 Å². The molecule has 0 N–H and O–H groups in total. The molecule has 1 atom stereocenters. The number of amides is 1. The Kier molecular flexibility index (Phi) is 9.85. The number of ether oxygens (including phenoxy) is 3. The average Bonchev–Trinajstić information content (AvgIpc) is 3.53. The van der Waals surface area contributed by atoms with E-state index in [0.29, 0.717) is 62.9 Å². The summed E-state index contributed by atoms with van der Waals surface area (Å²) in [5.74, 6) is 0.563. The molecule has 2 aromatic heterocycles. The summed E-state index contributed by atoms with van der Waals surface area (Å²) in [6.45, 7) is 12.8. The van der Waals surface area contributed by atoms with Gasteiger partial charge in [0.05, 0.1) is 42.2 Å². The van der Waals surface area contributed by atoms with Gasteiger partial charge in [-0.1, -0.05) is 11.3 Å². The van der Waals surface area contributed by atoms with Crippen molar-refractivity contribution in [3.8, 4) is 17.2 Å². The van der Waals surface area contributed by atoms with Crippen LogP contribution in [0.2, 0.25) is 0 Å². The van der Waals surface area contributed by atoms with Gasteiger partial charge >= 0.3 is 5.97 Å². The highest BCUT2D eigenvalue weighted by Crippen LogP contribution is 2.38. The number of rotatable bonds is 10. The Balaban J connectivity index is 1.68. The standard InChI is InChI=1S/C36H40N4O6S/c1-9-38(10-2)34(42)31-22(5)37-36-40(32(31)28-20-27(44-7)16-17-29(28)45-8)33(41)30(47-36)19-25-18-21(4)39(23(25)6)26-14-12-24(13-15-26)35(43)46-11-3/h12-20,32H,9-11H2,1-8H3/b30-19+/t32-/m1/s1. The summed E-state index contributed by atoms with van der Waals surface area (Å²) in [4.78, 5) is 47.6. The average molecular weight is 657 g/mol. The lowest BCUT2D eigenvalue weighted by Crippen LogP contribution is -2.43. The maximum atomic E-state index is 14.4. The van der Waals surface area contributed by atoms with Gasteiger partial charge in [0, 0.05) is 35.7 Å². The summed E-state index contributed by atoms with van der Waals surface area (Å²) < 4.78 is 20.6. The molecule has 0 saturated carbocycles. The van der Waals surface area contributed by atoms with Crippen molar-refractivity contribution in [3.05, 3.63) is 108 Å². The Labute approximate surface area is 277 Å². The minimum absolute atomic E-state index is 0.182. The predicted octanol–water partition coefficient (Wildman–Crippen LogP) is 4.71. The molecule has 1 aliphatic rings. The molecule has 3 heterocycles. The van der Waals surface area contributed by atoms with Crippen molar-refractivity contribution in [2.75, 3.05) is 33.9 Å². The molecule has 1 aliphatic heterocycles. The van der Waals surface area contributed by atoms with Crippen LogP contribution in [0, 0.1) is 13.8 Å². The topological polar surface area (TPSA) is 104 Å². The fraction of sp³-hybridized carbons (Fsp3) is 0.333. The van der Waals surface area contributed by atoms with Crippen LogP contribution in [0.25, 0.3) is 11.8 Å². The molecule has 1 amide bonds. The van der Waals surface area contributed by atoms with Crippen molar-refractivity contribution in [3.63, 3.8) is 0 Å². The molecule has 0 unspecified atom stereocenters. The highest BCUT2D eigenvalue weighted by molar-refractivity contribution is 7.07. The quantitative estimate of drug-likeness (QED) is 0.229. The fourth-order valence-corrected chi connectivity index (χ4v) is 7.09. The monoisotopic (exact) mass is 656 g/mol. The van der Waals surface area contributed by atoms with Crippen LogP contribution in [0.1, 0.15) is 66.6 Å². The molecule has 0 bridgehead atoms. The van der Waals surface area contributed by atoms with E-state index in [4.69, 9.17) is 19.2 Å². The highest BCUT2D eigenvalue weighted by atomic mass is 32.1. The number of benzene rings is 2.